The van der Waals surface area contributed by atoms with Crippen molar-refractivity contribution in [3.05, 3.63) is 116 Å². The zero-order chi connectivity index (χ0) is 29.6. The number of hydrogen-bond acceptors (Lipinski definition) is 6. The number of hydrogen-bond donors (Lipinski definition) is 5. The molecule has 1 saturated carbocycles. The summed E-state index contributed by atoms with van der Waals surface area (Å²) in [6, 6.07) is 19.5. The number of rotatable bonds is 6. The predicted octanol–water partition coefficient (Wildman–Crippen LogP) is 6.04. The van der Waals surface area contributed by atoms with Crippen molar-refractivity contribution >= 4 is 51.6 Å². The average Bonchev–Trinajstić information content (AvgIpc) is 3.57. The Labute approximate surface area is 248 Å². The molecule has 1 aliphatic carbocycles. The van der Waals surface area contributed by atoms with Crippen LogP contribution in [0.5, 0.6) is 0 Å². The molecular formula is C33H33N5O3S. The highest BCUT2D eigenvalue weighted by Crippen LogP contribution is 2.40. The van der Waals surface area contributed by atoms with Crippen molar-refractivity contribution in [2.45, 2.75) is 31.6 Å². The predicted molar refractivity (Wildman–Crippen MR) is 172 cm³/mol. The number of carbonyl (C=O) groups excluding carboxylic acids is 2. The van der Waals surface area contributed by atoms with E-state index >= 15 is 0 Å². The molecule has 214 valence electrons. The third-order valence-corrected chi connectivity index (χ3v) is 8.39. The lowest BCUT2D eigenvalue weighted by atomic mass is 9.77. The van der Waals surface area contributed by atoms with Crippen LogP contribution in [0, 0.1) is 5.41 Å². The summed E-state index contributed by atoms with van der Waals surface area (Å²) in [5.41, 5.74) is 9.63. The van der Waals surface area contributed by atoms with Gasteiger partial charge in [-0.05, 0) is 65.8 Å². The molecule has 0 saturated heterocycles. The molecule has 6 rings (SSSR count). The fraction of sp³-hybridized carbons (Fsp3) is 0.212. The minimum atomic E-state index is -0.558. The molecule has 0 spiro atoms. The number of H-pyrrole nitrogens is 1. The number of carbonyl (C=O) groups is 2. The van der Waals surface area contributed by atoms with Gasteiger partial charge in [-0.1, -0.05) is 55.0 Å². The van der Waals surface area contributed by atoms with Crippen molar-refractivity contribution in [3.8, 4) is 0 Å². The Balaban J connectivity index is 0.000000639. The van der Waals surface area contributed by atoms with E-state index in [1.54, 1.807) is 18.2 Å². The molecule has 3 aromatic carbocycles. The van der Waals surface area contributed by atoms with Gasteiger partial charge in [-0.2, -0.15) is 0 Å². The number of nitrogen functional groups attached to an aromatic ring is 1. The van der Waals surface area contributed by atoms with Crippen LogP contribution in [0.2, 0.25) is 0 Å². The smallest absolute Gasteiger partial charge is 0.261 e. The van der Waals surface area contributed by atoms with Gasteiger partial charge in [0.1, 0.15) is 5.56 Å². The zero-order valence-electron chi connectivity index (χ0n) is 23.3. The van der Waals surface area contributed by atoms with E-state index in [2.05, 4.69) is 27.1 Å². The Kier molecular flexibility index (Phi) is 8.88. The summed E-state index contributed by atoms with van der Waals surface area (Å²) in [6.07, 6.45) is 6.49. The summed E-state index contributed by atoms with van der Waals surface area (Å²) in [4.78, 5) is 41.4. The van der Waals surface area contributed by atoms with Crippen LogP contribution in [0.15, 0.2) is 83.0 Å². The Bertz CT molecular complexity index is 1740. The number of allylic oxidation sites excluding steroid dienone is 1. The monoisotopic (exact) mass is 579 g/mol. The molecule has 1 aliphatic heterocycles. The number of nitrogens with two attached hydrogens (primary N) is 1. The van der Waals surface area contributed by atoms with Crippen molar-refractivity contribution in [3.63, 3.8) is 0 Å². The first-order chi connectivity index (χ1) is 20.4. The Morgan fingerprint density at radius 1 is 1.00 bits per heavy atom. The fourth-order valence-electron chi connectivity index (χ4n) is 5.04. The molecule has 0 bridgehead atoms. The maximum Gasteiger partial charge on any atom is 0.261 e. The van der Waals surface area contributed by atoms with Crippen molar-refractivity contribution in [1.29, 1.82) is 5.41 Å². The number of benzene rings is 3. The molecule has 9 heteroatoms. The van der Waals surface area contributed by atoms with Gasteiger partial charge in [0, 0.05) is 35.3 Å². The highest BCUT2D eigenvalue weighted by molar-refractivity contribution is 8.02. The van der Waals surface area contributed by atoms with Crippen LogP contribution in [0.25, 0.3) is 10.9 Å². The molecule has 0 atom stereocenters. The molecular weight excluding hydrogens is 546 g/mol. The number of aromatic amines is 1. The van der Waals surface area contributed by atoms with Crippen molar-refractivity contribution in [2.75, 3.05) is 23.9 Å². The van der Waals surface area contributed by atoms with Gasteiger partial charge < -0.3 is 21.4 Å². The summed E-state index contributed by atoms with van der Waals surface area (Å²) in [5, 5.41) is 16.8. The van der Waals surface area contributed by atoms with Gasteiger partial charge >= 0.3 is 0 Å². The summed E-state index contributed by atoms with van der Waals surface area (Å²) >= 11 is 1.89. The molecule has 6 N–H and O–H groups in total. The molecule has 4 aromatic rings. The standard InChI is InChI=1S/C29H27N5O3.C4H6S/c1-32-27(35)22-14-18-10-12-20(16-8-5-9-16)24(26(18)34-28(22)36)29(37)33-19-11-13-23(30)21(15-19)25(31)17-6-3-2-4-7-17;1-2-4-5-3-1/h2-4,6-7,10-16,31H,5,8-9,30H2,1H3,(H,32,35)(H,33,37)(H,34,36);1,3H,2,4H2. The molecule has 2 aliphatic rings. The largest absolute Gasteiger partial charge is 0.398 e. The van der Waals surface area contributed by atoms with E-state index in [0.717, 1.165) is 24.8 Å². The minimum absolute atomic E-state index is 0.0136. The molecule has 0 radical (unpaired) electrons. The number of pyridine rings is 1. The van der Waals surface area contributed by atoms with Crippen LogP contribution in [-0.4, -0.2) is 35.3 Å². The van der Waals surface area contributed by atoms with Crippen LogP contribution >= 0.6 is 11.8 Å². The molecule has 1 aromatic heterocycles. The van der Waals surface area contributed by atoms with Gasteiger partial charge in [0.2, 0.25) is 0 Å². The second-order valence-electron chi connectivity index (χ2n) is 10.2. The normalized spacial score (nSPS) is 14.0. The zero-order valence-corrected chi connectivity index (χ0v) is 24.1. The van der Waals surface area contributed by atoms with Crippen LogP contribution in [0.3, 0.4) is 0 Å². The Hall–Kier alpha value is -4.63. The highest BCUT2D eigenvalue weighted by atomic mass is 32.2. The quantitative estimate of drug-likeness (QED) is 0.140. The minimum Gasteiger partial charge on any atom is -0.398 e. The second kappa shape index (κ2) is 12.9. The maximum atomic E-state index is 13.7. The topological polar surface area (TPSA) is 141 Å². The van der Waals surface area contributed by atoms with E-state index in [-0.39, 0.29) is 23.1 Å². The van der Waals surface area contributed by atoms with Gasteiger partial charge in [0.15, 0.2) is 0 Å². The number of anilines is 2. The highest BCUT2D eigenvalue weighted by Gasteiger charge is 2.27. The SMILES string of the molecule is C1=CSCC1.CNC(=O)c1cc2ccc(C3CCC3)c(C(=O)Nc3ccc(N)c(C(=N)c4ccccc4)c3)c2[nH]c1=O. The third kappa shape index (κ3) is 6.16. The molecule has 2 heterocycles. The Morgan fingerprint density at radius 3 is 2.40 bits per heavy atom. The van der Waals surface area contributed by atoms with Crippen LogP contribution in [-0.2, 0) is 0 Å². The number of fused-ring (bicyclic) bond motifs is 1. The first kappa shape index (κ1) is 28.9. The van der Waals surface area contributed by atoms with Gasteiger partial charge in [-0.25, -0.2) is 0 Å². The summed E-state index contributed by atoms with van der Waals surface area (Å²) < 4.78 is 0. The second-order valence-corrected chi connectivity index (χ2v) is 11.3. The van der Waals surface area contributed by atoms with Gasteiger partial charge in [0.25, 0.3) is 17.4 Å². The number of amides is 2. The Morgan fingerprint density at radius 2 is 1.79 bits per heavy atom. The first-order valence-corrected chi connectivity index (χ1v) is 15.0. The van der Waals surface area contributed by atoms with Gasteiger partial charge in [0.05, 0.1) is 16.8 Å². The average molecular weight is 580 g/mol. The third-order valence-electron chi connectivity index (χ3n) is 7.53. The summed E-state index contributed by atoms with van der Waals surface area (Å²) in [6.45, 7) is 0. The van der Waals surface area contributed by atoms with E-state index in [9.17, 15) is 14.4 Å². The number of thioether (sulfide) groups is 1. The number of aromatic nitrogens is 1. The van der Waals surface area contributed by atoms with E-state index in [1.807, 2.05) is 54.2 Å². The molecule has 1 fully saturated rings. The van der Waals surface area contributed by atoms with E-state index < -0.39 is 11.5 Å². The van der Waals surface area contributed by atoms with Crippen LogP contribution in [0.1, 0.15) is 69.0 Å². The molecule has 2 amide bonds. The summed E-state index contributed by atoms with van der Waals surface area (Å²) in [7, 11) is 1.46. The lowest BCUT2D eigenvalue weighted by Gasteiger charge is -2.28. The molecule has 8 nitrogen and oxygen atoms in total. The molecule has 42 heavy (non-hydrogen) atoms. The van der Waals surface area contributed by atoms with Gasteiger partial charge in [-0.3, -0.25) is 19.8 Å². The van der Waals surface area contributed by atoms with Gasteiger partial charge in [-0.15, -0.1) is 11.8 Å². The van der Waals surface area contributed by atoms with Crippen LogP contribution < -0.4 is 21.9 Å². The fourth-order valence-corrected chi connectivity index (χ4v) is 5.72. The lowest BCUT2D eigenvalue weighted by Crippen LogP contribution is -2.27. The van der Waals surface area contributed by atoms with Crippen molar-refractivity contribution in [1.82, 2.24) is 10.3 Å². The lowest BCUT2D eigenvalue weighted by molar-refractivity contribution is 0.0961. The molecule has 0 unspecified atom stereocenters. The van der Waals surface area contributed by atoms with Crippen LogP contribution in [0.4, 0.5) is 11.4 Å². The van der Waals surface area contributed by atoms with E-state index in [0.29, 0.717) is 39.0 Å². The maximum absolute atomic E-state index is 13.7. The number of nitrogens with one attached hydrogen (secondary N) is 4. The van der Waals surface area contributed by atoms with E-state index in [4.69, 9.17) is 11.1 Å². The van der Waals surface area contributed by atoms with Crippen molar-refractivity contribution < 1.29 is 9.59 Å². The van der Waals surface area contributed by atoms with Crippen molar-refractivity contribution in [2.24, 2.45) is 0 Å². The first-order valence-electron chi connectivity index (χ1n) is 13.9. The van der Waals surface area contributed by atoms with E-state index in [1.165, 1.54) is 25.3 Å². The summed E-state index contributed by atoms with van der Waals surface area (Å²) in [5.74, 6) is 0.658.